The Morgan fingerprint density at radius 1 is 1.39 bits per heavy atom. The summed E-state index contributed by atoms with van der Waals surface area (Å²) in [5.41, 5.74) is 5.95. The molecule has 0 saturated carbocycles. The number of rotatable bonds is 4. The van der Waals surface area contributed by atoms with Crippen LogP contribution in [0, 0.1) is 0 Å². The molecule has 0 amide bonds. The number of anilines is 2. The number of nitrogens with zero attached hydrogens (tertiary/aromatic N) is 2. The lowest BCUT2D eigenvalue weighted by molar-refractivity contribution is 0.271. The average Bonchev–Trinajstić information content (AvgIpc) is 2.29. The van der Waals surface area contributed by atoms with Gasteiger partial charge in [0.2, 0.25) is 0 Å². The standard InChI is InChI=1S/C12H21ClN4O/c1-5-7(6-18)15-10-8(14)9(13)16-11(17-10)12(2,3)4/h7,18H,5-6,14H2,1-4H3,(H,15,16,17). The number of nitrogens with one attached hydrogen (secondary N) is 1. The molecular weight excluding hydrogens is 252 g/mol. The molecule has 0 radical (unpaired) electrons. The fourth-order valence-electron chi connectivity index (χ4n) is 1.36. The molecule has 18 heavy (non-hydrogen) atoms. The highest BCUT2D eigenvalue weighted by Gasteiger charge is 2.21. The van der Waals surface area contributed by atoms with Crippen LogP contribution >= 0.6 is 11.6 Å². The molecule has 0 aromatic carbocycles. The summed E-state index contributed by atoms with van der Waals surface area (Å²) in [5, 5.41) is 12.5. The number of nitrogen functional groups attached to an aromatic ring is 1. The molecule has 4 N–H and O–H groups in total. The summed E-state index contributed by atoms with van der Waals surface area (Å²) in [6, 6.07) is -0.0916. The van der Waals surface area contributed by atoms with E-state index >= 15 is 0 Å². The zero-order valence-corrected chi connectivity index (χ0v) is 12.0. The predicted molar refractivity (Wildman–Crippen MR) is 74.9 cm³/mol. The van der Waals surface area contributed by atoms with E-state index in [4.69, 9.17) is 17.3 Å². The van der Waals surface area contributed by atoms with Gasteiger partial charge in [-0.05, 0) is 6.42 Å². The summed E-state index contributed by atoms with van der Waals surface area (Å²) in [7, 11) is 0. The third-order valence-corrected chi connectivity index (χ3v) is 2.91. The Bertz CT molecular complexity index is 413. The van der Waals surface area contributed by atoms with Crippen LogP contribution < -0.4 is 11.1 Å². The van der Waals surface area contributed by atoms with Crippen LogP contribution in [-0.4, -0.2) is 27.7 Å². The molecule has 102 valence electrons. The van der Waals surface area contributed by atoms with Crippen LogP contribution in [0.25, 0.3) is 0 Å². The summed E-state index contributed by atoms with van der Waals surface area (Å²) in [6.07, 6.45) is 0.766. The molecule has 0 spiro atoms. The van der Waals surface area contributed by atoms with Crippen LogP contribution in [0.5, 0.6) is 0 Å². The van der Waals surface area contributed by atoms with Crippen LogP contribution in [0.2, 0.25) is 5.15 Å². The van der Waals surface area contributed by atoms with Crippen LogP contribution in [-0.2, 0) is 5.41 Å². The Kier molecular flexibility index (Phi) is 4.76. The molecule has 0 fully saturated rings. The van der Waals surface area contributed by atoms with Gasteiger partial charge in [-0.3, -0.25) is 0 Å². The Labute approximate surface area is 113 Å². The first kappa shape index (κ1) is 15.0. The minimum absolute atomic E-state index is 0.0163. The van der Waals surface area contributed by atoms with E-state index in [0.717, 1.165) is 6.42 Å². The lowest BCUT2D eigenvalue weighted by Crippen LogP contribution is -2.26. The molecule has 1 aromatic heterocycles. The number of aliphatic hydroxyl groups excluding tert-OH is 1. The fraction of sp³-hybridized carbons (Fsp3) is 0.667. The number of nitrogens with two attached hydrogens (primary N) is 1. The summed E-state index contributed by atoms with van der Waals surface area (Å²) < 4.78 is 0. The van der Waals surface area contributed by atoms with E-state index in [9.17, 15) is 5.11 Å². The average molecular weight is 273 g/mol. The monoisotopic (exact) mass is 272 g/mol. The van der Waals surface area contributed by atoms with E-state index in [2.05, 4.69) is 15.3 Å². The van der Waals surface area contributed by atoms with Gasteiger partial charge in [-0.2, -0.15) is 0 Å². The van der Waals surface area contributed by atoms with Crippen LogP contribution in [0.15, 0.2) is 0 Å². The van der Waals surface area contributed by atoms with Gasteiger partial charge >= 0.3 is 0 Å². The highest BCUT2D eigenvalue weighted by molar-refractivity contribution is 6.32. The highest BCUT2D eigenvalue weighted by atomic mass is 35.5. The van der Waals surface area contributed by atoms with Crippen molar-refractivity contribution >= 4 is 23.1 Å². The topological polar surface area (TPSA) is 84.1 Å². The van der Waals surface area contributed by atoms with Crippen molar-refractivity contribution in [2.24, 2.45) is 0 Å². The minimum Gasteiger partial charge on any atom is -0.394 e. The van der Waals surface area contributed by atoms with Crippen molar-refractivity contribution in [3.8, 4) is 0 Å². The van der Waals surface area contributed by atoms with E-state index < -0.39 is 0 Å². The molecule has 0 aliphatic rings. The van der Waals surface area contributed by atoms with E-state index in [1.54, 1.807) is 0 Å². The maximum absolute atomic E-state index is 9.20. The van der Waals surface area contributed by atoms with E-state index in [0.29, 0.717) is 17.3 Å². The van der Waals surface area contributed by atoms with Gasteiger partial charge in [0.1, 0.15) is 11.5 Å². The van der Waals surface area contributed by atoms with Crippen molar-refractivity contribution in [3.63, 3.8) is 0 Å². The number of halogens is 1. The lowest BCUT2D eigenvalue weighted by Gasteiger charge is -2.21. The smallest absolute Gasteiger partial charge is 0.157 e. The zero-order chi connectivity index (χ0) is 13.9. The van der Waals surface area contributed by atoms with Crippen molar-refractivity contribution in [3.05, 3.63) is 11.0 Å². The maximum atomic E-state index is 9.20. The molecule has 1 heterocycles. The summed E-state index contributed by atoms with van der Waals surface area (Å²) in [5.74, 6) is 1.11. The van der Waals surface area contributed by atoms with Crippen molar-refractivity contribution in [1.29, 1.82) is 0 Å². The van der Waals surface area contributed by atoms with E-state index in [1.807, 2.05) is 27.7 Å². The van der Waals surface area contributed by atoms with Gasteiger partial charge in [0.15, 0.2) is 11.0 Å². The largest absolute Gasteiger partial charge is 0.394 e. The van der Waals surface area contributed by atoms with Crippen molar-refractivity contribution in [1.82, 2.24) is 9.97 Å². The Balaban J connectivity index is 3.14. The molecule has 1 aromatic rings. The van der Waals surface area contributed by atoms with Crippen LogP contribution in [0.4, 0.5) is 11.5 Å². The summed E-state index contributed by atoms with van der Waals surface area (Å²) >= 11 is 6.02. The third kappa shape index (κ3) is 3.46. The molecule has 1 rings (SSSR count). The van der Waals surface area contributed by atoms with Gasteiger partial charge < -0.3 is 16.2 Å². The zero-order valence-electron chi connectivity index (χ0n) is 11.3. The molecule has 0 aliphatic carbocycles. The molecular formula is C12H21ClN4O. The molecule has 0 bridgehead atoms. The molecule has 6 heteroatoms. The first-order valence-electron chi connectivity index (χ1n) is 6.00. The minimum atomic E-state index is -0.214. The normalized spacial score (nSPS) is 13.4. The Morgan fingerprint density at radius 2 is 2.00 bits per heavy atom. The number of hydrogen-bond acceptors (Lipinski definition) is 5. The molecule has 1 atom stereocenters. The van der Waals surface area contributed by atoms with E-state index in [1.165, 1.54) is 0 Å². The van der Waals surface area contributed by atoms with Gasteiger partial charge in [0, 0.05) is 5.41 Å². The first-order valence-corrected chi connectivity index (χ1v) is 6.38. The second kappa shape index (κ2) is 5.71. The summed E-state index contributed by atoms with van der Waals surface area (Å²) in [6.45, 7) is 7.99. The number of hydrogen-bond donors (Lipinski definition) is 3. The molecule has 5 nitrogen and oxygen atoms in total. The third-order valence-electron chi connectivity index (χ3n) is 2.62. The SMILES string of the molecule is CCC(CO)Nc1nc(C(C)(C)C)nc(Cl)c1N. The predicted octanol–water partition coefficient (Wildman–Crippen LogP) is 2.19. The number of aliphatic hydroxyl groups is 1. The number of aromatic nitrogens is 2. The Morgan fingerprint density at radius 3 is 2.44 bits per heavy atom. The first-order chi connectivity index (χ1) is 8.29. The fourth-order valence-corrected chi connectivity index (χ4v) is 1.53. The van der Waals surface area contributed by atoms with Gasteiger partial charge in [0.05, 0.1) is 12.6 Å². The van der Waals surface area contributed by atoms with Crippen LogP contribution in [0.3, 0.4) is 0 Å². The van der Waals surface area contributed by atoms with E-state index in [-0.39, 0.29) is 23.2 Å². The quantitative estimate of drug-likeness (QED) is 0.732. The molecule has 1 unspecified atom stereocenters. The van der Waals surface area contributed by atoms with Crippen molar-refractivity contribution in [2.75, 3.05) is 17.7 Å². The highest BCUT2D eigenvalue weighted by Crippen LogP contribution is 2.28. The van der Waals surface area contributed by atoms with Gasteiger partial charge in [-0.25, -0.2) is 9.97 Å². The van der Waals surface area contributed by atoms with Crippen LogP contribution in [0.1, 0.15) is 39.9 Å². The lowest BCUT2D eigenvalue weighted by atomic mass is 9.96. The second-order valence-electron chi connectivity index (χ2n) is 5.28. The second-order valence-corrected chi connectivity index (χ2v) is 5.64. The maximum Gasteiger partial charge on any atom is 0.157 e. The molecule has 0 saturated heterocycles. The summed E-state index contributed by atoms with van der Waals surface area (Å²) in [4.78, 5) is 8.59. The molecule has 0 aliphatic heterocycles. The van der Waals surface area contributed by atoms with Gasteiger partial charge in [-0.15, -0.1) is 0 Å². The van der Waals surface area contributed by atoms with Gasteiger partial charge in [-0.1, -0.05) is 39.3 Å². The van der Waals surface area contributed by atoms with Crippen molar-refractivity contribution < 1.29 is 5.11 Å². The van der Waals surface area contributed by atoms with Gasteiger partial charge in [0.25, 0.3) is 0 Å². The Hall–Kier alpha value is -1.07. The van der Waals surface area contributed by atoms with Crippen molar-refractivity contribution in [2.45, 2.75) is 45.6 Å².